The van der Waals surface area contributed by atoms with Gasteiger partial charge in [-0.25, -0.2) is 0 Å². The van der Waals surface area contributed by atoms with Crippen molar-refractivity contribution in [3.63, 3.8) is 0 Å². The third-order valence-corrected chi connectivity index (χ3v) is 3.24. The average molecular weight is 333 g/mol. The lowest BCUT2D eigenvalue weighted by Crippen LogP contribution is -2.14. The highest BCUT2D eigenvalue weighted by Gasteiger charge is 1.94. The summed E-state index contributed by atoms with van der Waals surface area (Å²) in [7, 11) is 0. The molecule has 16 heavy (non-hydrogen) atoms. The lowest BCUT2D eigenvalue weighted by atomic mass is 10.2. The van der Waals surface area contributed by atoms with Gasteiger partial charge in [-0.05, 0) is 41.5 Å². The van der Waals surface area contributed by atoms with Gasteiger partial charge in [0, 0.05) is 6.54 Å². The number of alkyl halides is 1. The number of aromatic hydroxyl groups is 1. The molecule has 0 radical (unpaired) electrons. The molecule has 0 bridgehead atoms. The van der Waals surface area contributed by atoms with Crippen LogP contribution in [-0.2, 0) is 6.54 Å². The number of phenolic OH excluding ortho intramolecular Hbond substituents is 1. The largest absolute Gasteiger partial charge is 0.508 e. The van der Waals surface area contributed by atoms with Crippen molar-refractivity contribution in [2.24, 2.45) is 0 Å². The smallest absolute Gasteiger partial charge is 0.115 e. The lowest BCUT2D eigenvalue weighted by Gasteiger charge is -2.05. The average Bonchev–Trinajstić information content (AvgIpc) is 2.28. The summed E-state index contributed by atoms with van der Waals surface area (Å²) in [6.45, 7) is 1.91. The van der Waals surface area contributed by atoms with Gasteiger partial charge in [0.05, 0.1) is 0 Å². The Morgan fingerprint density at radius 3 is 2.69 bits per heavy atom. The van der Waals surface area contributed by atoms with Crippen LogP contribution in [0, 0.1) is 0 Å². The summed E-state index contributed by atoms with van der Waals surface area (Å²) in [4.78, 5) is 0. The maximum Gasteiger partial charge on any atom is 0.115 e. The first-order valence-electron chi connectivity index (χ1n) is 5.87. The second-order valence-electron chi connectivity index (χ2n) is 3.95. The molecular formula is C13H20INO. The molecule has 0 heterocycles. The van der Waals surface area contributed by atoms with E-state index in [-0.39, 0.29) is 0 Å². The molecule has 0 spiro atoms. The summed E-state index contributed by atoms with van der Waals surface area (Å²) in [6, 6.07) is 7.42. The molecule has 0 aromatic heterocycles. The van der Waals surface area contributed by atoms with E-state index in [1.165, 1.54) is 30.1 Å². The second kappa shape index (κ2) is 8.82. The van der Waals surface area contributed by atoms with Crippen molar-refractivity contribution in [2.45, 2.75) is 32.2 Å². The molecule has 0 aliphatic carbocycles. The van der Waals surface area contributed by atoms with Crippen LogP contribution < -0.4 is 5.32 Å². The quantitative estimate of drug-likeness (QED) is 0.434. The summed E-state index contributed by atoms with van der Waals surface area (Å²) in [5.74, 6) is 0.348. The molecule has 0 saturated carbocycles. The first kappa shape index (κ1) is 13.8. The summed E-state index contributed by atoms with van der Waals surface area (Å²) in [5, 5.41) is 12.7. The Labute approximate surface area is 112 Å². The maximum absolute atomic E-state index is 9.28. The molecule has 3 heteroatoms. The molecule has 0 amide bonds. The van der Waals surface area contributed by atoms with E-state index in [2.05, 4.69) is 27.9 Å². The molecule has 90 valence electrons. The predicted molar refractivity (Wildman–Crippen MR) is 77.2 cm³/mol. The Morgan fingerprint density at radius 2 is 1.94 bits per heavy atom. The third kappa shape index (κ3) is 6.33. The van der Waals surface area contributed by atoms with Crippen molar-refractivity contribution >= 4 is 22.6 Å². The van der Waals surface area contributed by atoms with E-state index in [9.17, 15) is 5.11 Å². The zero-order valence-electron chi connectivity index (χ0n) is 9.58. The van der Waals surface area contributed by atoms with Gasteiger partial charge in [0.2, 0.25) is 0 Å². The van der Waals surface area contributed by atoms with Crippen molar-refractivity contribution < 1.29 is 5.11 Å². The number of phenols is 1. The van der Waals surface area contributed by atoms with Crippen LogP contribution in [0.4, 0.5) is 0 Å². The molecule has 1 aromatic rings. The van der Waals surface area contributed by atoms with Gasteiger partial charge in [-0.1, -0.05) is 47.6 Å². The minimum absolute atomic E-state index is 0.348. The van der Waals surface area contributed by atoms with Crippen molar-refractivity contribution in [2.75, 3.05) is 11.0 Å². The molecule has 0 saturated heterocycles. The second-order valence-corrected chi connectivity index (χ2v) is 5.03. The van der Waals surface area contributed by atoms with Gasteiger partial charge in [-0.15, -0.1) is 0 Å². The van der Waals surface area contributed by atoms with Crippen LogP contribution >= 0.6 is 22.6 Å². The number of hydrogen-bond donors (Lipinski definition) is 2. The van der Waals surface area contributed by atoms with Gasteiger partial charge in [0.15, 0.2) is 0 Å². The normalized spacial score (nSPS) is 10.6. The third-order valence-electron chi connectivity index (χ3n) is 2.48. The molecule has 2 nitrogen and oxygen atoms in total. The van der Waals surface area contributed by atoms with Crippen molar-refractivity contribution in [3.05, 3.63) is 29.8 Å². The highest BCUT2D eigenvalue weighted by atomic mass is 127. The summed E-state index contributed by atoms with van der Waals surface area (Å²) < 4.78 is 1.27. The van der Waals surface area contributed by atoms with E-state index in [1.54, 1.807) is 6.07 Å². The van der Waals surface area contributed by atoms with Gasteiger partial charge in [0.25, 0.3) is 0 Å². The van der Waals surface area contributed by atoms with E-state index < -0.39 is 0 Å². The van der Waals surface area contributed by atoms with Crippen molar-refractivity contribution in [1.29, 1.82) is 0 Å². The van der Waals surface area contributed by atoms with Gasteiger partial charge in [-0.2, -0.15) is 0 Å². The van der Waals surface area contributed by atoms with Gasteiger partial charge < -0.3 is 10.4 Å². The standard InChI is InChI=1S/C13H20INO/c14-8-3-1-2-4-9-15-11-12-6-5-7-13(16)10-12/h5-7,10,15-16H,1-4,8-9,11H2. The van der Waals surface area contributed by atoms with E-state index >= 15 is 0 Å². The van der Waals surface area contributed by atoms with Gasteiger partial charge >= 0.3 is 0 Å². The SMILES string of the molecule is Oc1cccc(CNCCCCCCI)c1. The molecular weight excluding hydrogens is 313 g/mol. The lowest BCUT2D eigenvalue weighted by molar-refractivity contribution is 0.474. The van der Waals surface area contributed by atoms with E-state index in [4.69, 9.17) is 0 Å². The number of hydrogen-bond acceptors (Lipinski definition) is 2. The van der Waals surface area contributed by atoms with Crippen LogP contribution in [0.2, 0.25) is 0 Å². The molecule has 1 rings (SSSR count). The van der Waals surface area contributed by atoms with Crippen molar-refractivity contribution in [3.8, 4) is 5.75 Å². The molecule has 0 fully saturated rings. The fourth-order valence-electron chi connectivity index (χ4n) is 1.60. The number of benzene rings is 1. The van der Waals surface area contributed by atoms with Gasteiger partial charge in [-0.3, -0.25) is 0 Å². The van der Waals surface area contributed by atoms with Crippen LogP contribution in [-0.4, -0.2) is 16.1 Å². The minimum atomic E-state index is 0.348. The number of unbranched alkanes of at least 4 members (excludes halogenated alkanes) is 3. The molecule has 0 aliphatic rings. The molecule has 0 atom stereocenters. The summed E-state index contributed by atoms with van der Waals surface area (Å²) in [6.07, 6.45) is 5.25. The highest BCUT2D eigenvalue weighted by Crippen LogP contribution is 2.10. The zero-order valence-corrected chi connectivity index (χ0v) is 11.7. The number of nitrogens with one attached hydrogen (secondary N) is 1. The van der Waals surface area contributed by atoms with Crippen LogP contribution in [0.1, 0.15) is 31.2 Å². The Morgan fingerprint density at radius 1 is 1.12 bits per heavy atom. The maximum atomic E-state index is 9.28. The molecule has 0 unspecified atom stereocenters. The first-order valence-corrected chi connectivity index (χ1v) is 7.40. The topological polar surface area (TPSA) is 32.3 Å². The molecule has 2 N–H and O–H groups in total. The fraction of sp³-hybridized carbons (Fsp3) is 0.538. The van der Waals surface area contributed by atoms with E-state index in [0.29, 0.717) is 5.75 Å². The van der Waals surface area contributed by atoms with Crippen LogP contribution in [0.15, 0.2) is 24.3 Å². The van der Waals surface area contributed by atoms with Crippen LogP contribution in [0.3, 0.4) is 0 Å². The van der Waals surface area contributed by atoms with Gasteiger partial charge in [0.1, 0.15) is 5.75 Å². The monoisotopic (exact) mass is 333 g/mol. The number of rotatable bonds is 8. The molecule has 0 aliphatic heterocycles. The highest BCUT2D eigenvalue weighted by molar-refractivity contribution is 14.1. The summed E-state index contributed by atoms with van der Waals surface area (Å²) in [5.41, 5.74) is 1.15. The van der Waals surface area contributed by atoms with Crippen LogP contribution in [0.25, 0.3) is 0 Å². The Balaban J connectivity index is 2.03. The zero-order chi connectivity index (χ0) is 11.6. The van der Waals surface area contributed by atoms with E-state index in [1.807, 2.05) is 18.2 Å². The number of halogens is 1. The predicted octanol–water partition coefficient (Wildman–Crippen LogP) is 3.48. The Hall–Kier alpha value is -0.290. The fourth-order valence-corrected chi connectivity index (χ4v) is 2.14. The Bertz CT molecular complexity index is 291. The van der Waals surface area contributed by atoms with E-state index in [0.717, 1.165) is 18.7 Å². The summed E-state index contributed by atoms with van der Waals surface area (Å²) >= 11 is 2.43. The minimum Gasteiger partial charge on any atom is -0.508 e. The first-order chi connectivity index (χ1) is 7.83. The van der Waals surface area contributed by atoms with Crippen molar-refractivity contribution in [1.82, 2.24) is 5.32 Å². The van der Waals surface area contributed by atoms with Crippen LogP contribution in [0.5, 0.6) is 5.75 Å². The molecule has 1 aromatic carbocycles. The Kier molecular flexibility index (Phi) is 7.59.